The third-order valence-corrected chi connectivity index (χ3v) is 12.4. The molecule has 40 heavy (non-hydrogen) atoms. The van der Waals surface area contributed by atoms with Crippen LogP contribution < -0.4 is 5.32 Å². The van der Waals surface area contributed by atoms with Gasteiger partial charge in [-0.1, -0.05) is 53.1 Å². The first-order valence-corrected chi connectivity index (χ1v) is 22.7. The minimum Gasteiger partial charge on any atom is -0.388 e. The zero-order valence-electron chi connectivity index (χ0n) is 26.4. The second kappa shape index (κ2) is 11.0. The second-order valence-electron chi connectivity index (χ2n) is 14.9. The number of rotatable bonds is 13. The largest absolute Gasteiger partial charge is 0.388 e. The van der Waals surface area contributed by atoms with Crippen LogP contribution in [-0.2, 0) is 42.2 Å². The van der Waals surface area contributed by atoms with Crippen molar-refractivity contribution in [1.29, 1.82) is 0 Å². The molecule has 0 spiro atoms. The average Bonchev–Trinajstić information content (AvgIpc) is 3.23. The fourth-order valence-corrected chi connectivity index (χ4v) is 7.55. The Morgan fingerprint density at radius 2 is 1.70 bits per heavy atom. The van der Waals surface area contributed by atoms with Crippen LogP contribution in [0.4, 0.5) is 5.69 Å². The minimum atomic E-state index is -1.18. The van der Waals surface area contributed by atoms with Crippen LogP contribution in [0.3, 0.4) is 0 Å². The normalized spacial score (nSPS) is 20.6. The van der Waals surface area contributed by atoms with Crippen LogP contribution in [0.1, 0.15) is 37.1 Å². The molecule has 0 bridgehead atoms. The average molecular weight is 582 g/mol. The molecule has 2 aliphatic carbocycles. The molecule has 5 rings (SSSR count). The van der Waals surface area contributed by atoms with Gasteiger partial charge in [0.1, 0.15) is 19.2 Å². The molecule has 0 aliphatic heterocycles. The number of benzene rings is 1. The third-order valence-electron chi connectivity index (χ3n) is 8.96. The lowest BCUT2D eigenvalue weighted by atomic mass is 9.87. The molecule has 2 aromatic heterocycles. The van der Waals surface area contributed by atoms with Gasteiger partial charge in [0.25, 0.3) is 0 Å². The lowest BCUT2D eigenvalue weighted by Crippen LogP contribution is -2.23. The Hall–Kier alpha value is -1.95. The Labute approximate surface area is 243 Å². The summed E-state index contributed by atoms with van der Waals surface area (Å²) >= 11 is 0. The molecule has 2 aliphatic rings. The van der Waals surface area contributed by atoms with Crippen LogP contribution in [0.2, 0.25) is 51.4 Å². The van der Waals surface area contributed by atoms with Crippen molar-refractivity contribution in [3.05, 3.63) is 29.0 Å². The number of hydrogen-bond acceptors (Lipinski definition) is 5. The molecule has 2 heterocycles. The number of hydrogen-bond donors (Lipinski definition) is 1. The van der Waals surface area contributed by atoms with Crippen molar-refractivity contribution < 1.29 is 9.47 Å². The molecule has 1 aromatic carbocycles. The highest BCUT2D eigenvalue weighted by atomic mass is 28.3. The van der Waals surface area contributed by atoms with Crippen LogP contribution in [0, 0.1) is 11.3 Å². The number of fused-ring (bicyclic) bond motifs is 3. The third kappa shape index (κ3) is 6.27. The number of aryl methyl sites for hydroxylation is 1. The monoisotopic (exact) mass is 581 g/mol. The van der Waals surface area contributed by atoms with Crippen molar-refractivity contribution in [2.24, 2.45) is 11.3 Å². The van der Waals surface area contributed by atoms with Crippen molar-refractivity contribution in [3.63, 3.8) is 0 Å². The Morgan fingerprint density at radius 1 is 1.02 bits per heavy atom. The molecule has 0 saturated heterocycles. The first kappa shape index (κ1) is 29.5. The molecule has 0 radical (unpaired) electrons. The number of nitrogens with one attached hydrogen (secondary N) is 1. The van der Waals surface area contributed by atoms with Crippen LogP contribution in [0.5, 0.6) is 0 Å². The maximum absolute atomic E-state index is 6.37. The van der Waals surface area contributed by atoms with E-state index in [0.29, 0.717) is 18.9 Å². The highest BCUT2D eigenvalue weighted by Crippen LogP contribution is 2.60. The fraction of sp³-hybridized carbons (Fsp3) is 0.677. The molecule has 9 heteroatoms. The summed E-state index contributed by atoms with van der Waals surface area (Å²) in [6.07, 6.45) is 4.40. The van der Waals surface area contributed by atoms with Crippen LogP contribution in [0.15, 0.2) is 12.1 Å². The summed E-state index contributed by atoms with van der Waals surface area (Å²) in [5.74, 6) is 1.68. The van der Waals surface area contributed by atoms with Crippen molar-refractivity contribution in [3.8, 4) is 11.5 Å². The SMILES string of the molecule is CCc1cc(NC)cc2nc(-c3nn(COCC[Si](C)(C)C)c4c3C[C@@H]3C[C@]3(C)C4)n(COCC[Si](C)(C)C)c12. The number of aromatic nitrogens is 4. The summed E-state index contributed by atoms with van der Waals surface area (Å²) in [6, 6.07) is 6.74. The van der Waals surface area contributed by atoms with E-state index < -0.39 is 16.1 Å². The molecule has 220 valence electrons. The van der Waals surface area contributed by atoms with Gasteiger partial charge < -0.3 is 14.8 Å². The van der Waals surface area contributed by atoms with Gasteiger partial charge in [0.15, 0.2) is 5.82 Å². The molecular formula is C31H51N5O2Si2. The van der Waals surface area contributed by atoms with Crippen LogP contribution in [-0.4, -0.2) is 55.7 Å². The first-order valence-electron chi connectivity index (χ1n) is 15.3. The Kier molecular flexibility index (Phi) is 8.15. The summed E-state index contributed by atoms with van der Waals surface area (Å²) in [5.41, 5.74) is 8.72. The fourth-order valence-electron chi connectivity index (χ4n) is 6.04. The molecule has 1 fully saturated rings. The minimum absolute atomic E-state index is 0.414. The van der Waals surface area contributed by atoms with E-state index in [0.717, 1.165) is 67.2 Å². The van der Waals surface area contributed by atoms with E-state index in [1.54, 1.807) is 0 Å². The van der Waals surface area contributed by atoms with E-state index in [9.17, 15) is 0 Å². The lowest BCUT2D eigenvalue weighted by Gasteiger charge is -2.21. The molecule has 1 N–H and O–H groups in total. The van der Waals surface area contributed by atoms with E-state index in [-0.39, 0.29) is 0 Å². The van der Waals surface area contributed by atoms with Gasteiger partial charge in [0.2, 0.25) is 0 Å². The lowest BCUT2D eigenvalue weighted by molar-refractivity contribution is 0.0756. The van der Waals surface area contributed by atoms with Gasteiger partial charge in [-0.15, -0.1) is 0 Å². The van der Waals surface area contributed by atoms with E-state index in [1.807, 2.05) is 7.05 Å². The van der Waals surface area contributed by atoms with E-state index in [1.165, 1.54) is 34.8 Å². The summed E-state index contributed by atoms with van der Waals surface area (Å²) < 4.78 is 17.1. The summed E-state index contributed by atoms with van der Waals surface area (Å²) in [4.78, 5) is 5.27. The van der Waals surface area contributed by atoms with E-state index >= 15 is 0 Å². The summed E-state index contributed by atoms with van der Waals surface area (Å²) in [7, 11) is -0.347. The maximum Gasteiger partial charge on any atom is 0.163 e. The highest BCUT2D eigenvalue weighted by molar-refractivity contribution is 6.76. The van der Waals surface area contributed by atoms with Crippen molar-refractivity contribution >= 4 is 32.9 Å². The zero-order chi connectivity index (χ0) is 28.9. The van der Waals surface area contributed by atoms with Crippen molar-refractivity contribution in [2.75, 3.05) is 25.6 Å². The molecular weight excluding hydrogens is 531 g/mol. The predicted octanol–water partition coefficient (Wildman–Crippen LogP) is 7.25. The second-order valence-corrected chi connectivity index (χ2v) is 26.1. The maximum atomic E-state index is 6.37. The molecule has 1 saturated carbocycles. The van der Waals surface area contributed by atoms with Crippen LogP contribution >= 0.6 is 0 Å². The molecule has 3 aromatic rings. The first-order chi connectivity index (χ1) is 18.8. The Morgan fingerprint density at radius 3 is 2.33 bits per heavy atom. The van der Waals surface area contributed by atoms with Gasteiger partial charge in [-0.3, -0.25) is 4.57 Å². The summed E-state index contributed by atoms with van der Waals surface area (Å²) in [6.45, 7) is 21.7. The van der Waals surface area contributed by atoms with Gasteiger partial charge in [-0.05, 0) is 66.8 Å². The predicted molar refractivity (Wildman–Crippen MR) is 172 cm³/mol. The molecule has 7 nitrogen and oxygen atoms in total. The van der Waals surface area contributed by atoms with Gasteiger partial charge >= 0.3 is 0 Å². The topological polar surface area (TPSA) is 66.1 Å². The number of imidazole rings is 1. The summed E-state index contributed by atoms with van der Waals surface area (Å²) in [5, 5.41) is 8.59. The van der Waals surface area contributed by atoms with Gasteiger partial charge in [0.05, 0.1) is 11.0 Å². The zero-order valence-corrected chi connectivity index (χ0v) is 28.4. The number of nitrogens with zero attached hydrogens (tertiary/aromatic N) is 4. The quantitative estimate of drug-likeness (QED) is 0.170. The number of ether oxygens (including phenoxy) is 2. The van der Waals surface area contributed by atoms with Crippen LogP contribution in [0.25, 0.3) is 22.6 Å². The Balaban J connectivity index is 1.55. The van der Waals surface area contributed by atoms with Gasteiger partial charge in [-0.2, -0.15) is 5.10 Å². The standard InChI is InChI=1S/C31H51N5O2Si2/c1-10-22-15-24(32-3)17-26-29(22)35(20-37-11-13-39(4,5)6)30(33-26)28-25-16-23-18-31(23,2)19-27(25)36(34-28)21-38-12-14-40(7,8)9/h15,17,23,32H,10-14,16,18-21H2,1-9H3/t23-,31-/m1/s1. The van der Waals surface area contributed by atoms with Crippen molar-refractivity contribution in [1.82, 2.24) is 19.3 Å². The molecule has 2 atom stereocenters. The van der Waals surface area contributed by atoms with Gasteiger partial charge in [-0.25, -0.2) is 9.67 Å². The number of anilines is 1. The smallest absolute Gasteiger partial charge is 0.163 e. The van der Waals surface area contributed by atoms with E-state index in [2.05, 4.69) is 79.8 Å². The molecule has 0 unspecified atom stereocenters. The Bertz CT molecular complexity index is 1370. The van der Waals surface area contributed by atoms with Crippen molar-refractivity contribution in [2.45, 2.75) is 104 Å². The highest BCUT2D eigenvalue weighted by Gasteiger charge is 2.54. The van der Waals surface area contributed by atoms with Gasteiger partial charge in [0, 0.05) is 53.4 Å². The van der Waals surface area contributed by atoms with E-state index in [4.69, 9.17) is 19.6 Å². The molecule has 0 amide bonds.